The number of carbonyl (C=O) groups is 1. The van der Waals surface area contributed by atoms with Crippen LogP contribution < -0.4 is 0 Å². The minimum Gasteiger partial charge on any atom is -0.380 e. The fourth-order valence-electron chi connectivity index (χ4n) is 1.67. The van der Waals surface area contributed by atoms with Gasteiger partial charge < -0.3 is 9.64 Å². The van der Waals surface area contributed by atoms with Crippen molar-refractivity contribution in [3.8, 4) is 11.8 Å². The van der Waals surface area contributed by atoms with Crippen LogP contribution in [0, 0.1) is 17.8 Å². The molecule has 0 bridgehead atoms. The Morgan fingerprint density at radius 3 is 2.48 bits per heavy atom. The third-order valence-corrected chi connectivity index (χ3v) is 3.15. The molecule has 0 aromatic heterocycles. The molecule has 0 aliphatic carbocycles. The van der Waals surface area contributed by atoms with Gasteiger partial charge in [-0.1, -0.05) is 32.6 Å². The summed E-state index contributed by atoms with van der Waals surface area (Å²) in [5.41, 5.74) is 0. The maximum absolute atomic E-state index is 10.8. The predicted molar refractivity (Wildman–Crippen MR) is 88.3 cm³/mol. The maximum Gasteiger partial charge on any atom is 0.132 e. The molecular weight excluding hydrogens is 264 g/mol. The minimum atomic E-state index is 0.185. The molecule has 122 valence electrons. The smallest absolute Gasteiger partial charge is 0.132 e. The third-order valence-electron chi connectivity index (χ3n) is 3.15. The van der Waals surface area contributed by atoms with Gasteiger partial charge in [-0.3, -0.25) is 9.69 Å². The number of Topliss-reactive ketones (excluding diaryl/α,β-unsaturated/α-hetero) is 1. The van der Waals surface area contributed by atoms with E-state index in [9.17, 15) is 4.79 Å². The Labute approximate surface area is 130 Å². The van der Waals surface area contributed by atoms with Gasteiger partial charge in [-0.2, -0.15) is 0 Å². The largest absolute Gasteiger partial charge is 0.380 e. The summed E-state index contributed by atoms with van der Waals surface area (Å²) in [6, 6.07) is 0. The molecule has 0 saturated heterocycles. The van der Waals surface area contributed by atoms with E-state index in [1.165, 1.54) is 0 Å². The lowest BCUT2D eigenvalue weighted by molar-refractivity contribution is -0.118. The fourth-order valence-corrected chi connectivity index (χ4v) is 1.67. The summed E-state index contributed by atoms with van der Waals surface area (Å²) in [4.78, 5) is 15.4. The van der Waals surface area contributed by atoms with Gasteiger partial charge in [0.25, 0.3) is 0 Å². The first kappa shape index (κ1) is 20.1. The Bertz CT molecular complexity index is 331. The van der Waals surface area contributed by atoms with Crippen LogP contribution in [0.1, 0.15) is 34.1 Å². The molecule has 0 radical (unpaired) electrons. The summed E-state index contributed by atoms with van der Waals surface area (Å²) in [6.45, 7) is 14.0. The lowest BCUT2D eigenvalue weighted by Gasteiger charge is -2.22. The van der Waals surface area contributed by atoms with E-state index in [0.29, 0.717) is 25.6 Å². The zero-order valence-electron chi connectivity index (χ0n) is 14.4. The quantitative estimate of drug-likeness (QED) is 0.431. The van der Waals surface area contributed by atoms with Gasteiger partial charge in [0, 0.05) is 32.0 Å². The first-order valence-corrected chi connectivity index (χ1v) is 7.92. The molecule has 0 aliphatic heterocycles. The Morgan fingerprint density at radius 2 is 1.90 bits per heavy atom. The highest BCUT2D eigenvalue weighted by atomic mass is 16.5. The lowest BCUT2D eigenvalue weighted by atomic mass is 10.2. The average molecular weight is 296 g/mol. The second-order valence-electron chi connectivity index (χ2n) is 5.71. The molecule has 0 heterocycles. The monoisotopic (exact) mass is 296 g/mol. The van der Waals surface area contributed by atoms with Crippen molar-refractivity contribution in [3.05, 3.63) is 0 Å². The van der Waals surface area contributed by atoms with Crippen LogP contribution >= 0.6 is 0 Å². The summed E-state index contributed by atoms with van der Waals surface area (Å²) in [5.74, 6) is 7.06. The highest BCUT2D eigenvalue weighted by Gasteiger charge is 2.03. The van der Waals surface area contributed by atoms with Crippen LogP contribution in [0.4, 0.5) is 0 Å². The van der Waals surface area contributed by atoms with E-state index in [2.05, 4.69) is 49.5 Å². The van der Waals surface area contributed by atoms with Crippen LogP contribution in [0.25, 0.3) is 0 Å². The van der Waals surface area contributed by atoms with Gasteiger partial charge in [0.2, 0.25) is 0 Å². The SMILES string of the molecule is CCN(CC#CC(C)C)CCN(C)CCOCCC(C)=O. The minimum absolute atomic E-state index is 0.185. The van der Waals surface area contributed by atoms with Gasteiger partial charge in [0.15, 0.2) is 0 Å². The summed E-state index contributed by atoms with van der Waals surface area (Å²) < 4.78 is 5.44. The van der Waals surface area contributed by atoms with Crippen LogP contribution in [0.15, 0.2) is 0 Å². The number of hydrogen-bond donors (Lipinski definition) is 0. The van der Waals surface area contributed by atoms with Crippen LogP contribution in [0.2, 0.25) is 0 Å². The molecule has 0 aliphatic rings. The average Bonchev–Trinajstić information content (AvgIpc) is 2.41. The molecule has 0 amide bonds. The molecule has 21 heavy (non-hydrogen) atoms. The van der Waals surface area contributed by atoms with Gasteiger partial charge in [0.05, 0.1) is 19.8 Å². The Hall–Kier alpha value is -0.890. The van der Waals surface area contributed by atoms with Crippen LogP contribution in [-0.4, -0.2) is 68.6 Å². The first-order valence-electron chi connectivity index (χ1n) is 7.92. The number of likely N-dealkylation sites (N-methyl/N-ethyl adjacent to an activating group) is 2. The summed E-state index contributed by atoms with van der Waals surface area (Å²) in [7, 11) is 2.10. The lowest BCUT2D eigenvalue weighted by Crippen LogP contribution is -2.35. The number of nitrogens with zero attached hydrogens (tertiary/aromatic N) is 2. The van der Waals surface area contributed by atoms with Gasteiger partial charge in [-0.15, -0.1) is 0 Å². The second-order valence-corrected chi connectivity index (χ2v) is 5.71. The number of ketones is 1. The second kappa shape index (κ2) is 12.8. The number of rotatable bonds is 11. The molecule has 0 rings (SSSR count). The van der Waals surface area contributed by atoms with Crippen molar-refractivity contribution >= 4 is 5.78 Å². The molecule has 4 nitrogen and oxygen atoms in total. The Morgan fingerprint density at radius 1 is 1.19 bits per heavy atom. The Balaban J connectivity index is 3.72. The van der Waals surface area contributed by atoms with Gasteiger partial charge >= 0.3 is 0 Å². The van der Waals surface area contributed by atoms with Crippen molar-refractivity contribution in [1.29, 1.82) is 0 Å². The molecular formula is C17H32N2O2. The molecule has 0 spiro atoms. The van der Waals surface area contributed by atoms with Crippen molar-refractivity contribution in [1.82, 2.24) is 9.80 Å². The summed E-state index contributed by atoms with van der Waals surface area (Å²) in [6.07, 6.45) is 0.516. The zero-order chi connectivity index (χ0) is 16.1. The van der Waals surface area contributed by atoms with Crippen molar-refractivity contribution < 1.29 is 9.53 Å². The molecule has 0 atom stereocenters. The molecule has 4 heteroatoms. The number of carbonyl (C=O) groups excluding carboxylic acids is 1. The van der Waals surface area contributed by atoms with E-state index in [0.717, 1.165) is 32.7 Å². The molecule has 0 aromatic rings. The molecule has 0 aromatic carbocycles. The molecule has 0 N–H and O–H groups in total. The van der Waals surface area contributed by atoms with Crippen molar-refractivity contribution in [3.63, 3.8) is 0 Å². The van der Waals surface area contributed by atoms with Crippen molar-refractivity contribution in [2.75, 3.05) is 53.0 Å². The Kier molecular flexibility index (Phi) is 12.3. The van der Waals surface area contributed by atoms with Gasteiger partial charge in [-0.05, 0) is 20.5 Å². The van der Waals surface area contributed by atoms with E-state index >= 15 is 0 Å². The summed E-state index contributed by atoms with van der Waals surface area (Å²) >= 11 is 0. The topological polar surface area (TPSA) is 32.8 Å². The fraction of sp³-hybridized carbons (Fsp3) is 0.824. The van der Waals surface area contributed by atoms with Crippen molar-refractivity contribution in [2.45, 2.75) is 34.1 Å². The van der Waals surface area contributed by atoms with Crippen molar-refractivity contribution in [2.24, 2.45) is 5.92 Å². The van der Waals surface area contributed by atoms with E-state index in [1.54, 1.807) is 6.92 Å². The number of ether oxygens (including phenoxy) is 1. The standard InChI is InChI=1S/C17H32N2O2/c1-6-19(10-7-8-16(2)3)12-11-18(5)13-15-21-14-9-17(4)20/h16H,6,9-15H2,1-5H3. The van der Waals surface area contributed by atoms with E-state index < -0.39 is 0 Å². The predicted octanol–water partition coefficient (Wildman–Crippen LogP) is 1.90. The highest BCUT2D eigenvalue weighted by molar-refractivity contribution is 5.75. The van der Waals surface area contributed by atoms with Crippen LogP contribution in [0.3, 0.4) is 0 Å². The molecule has 0 fully saturated rings. The van der Waals surface area contributed by atoms with E-state index in [-0.39, 0.29) is 5.78 Å². The van der Waals surface area contributed by atoms with Crippen LogP contribution in [0.5, 0.6) is 0 Å². The first-order chi connectivity index (χ1) is 9.95. The van der Waals surface area contributed by atoms with Crippen LogP contribution in [-0.2, 0) is 9.53 Å². The maximum atomic E-state index is 10.8. The summed E-state index contributed by atoms with van der Waals surface area (Å²) in [5, 5.41) is 0. The molecule has 0 unspecified atom stereocenters. The van der Waals surface area contributed by atoms with E-state index in [4.69, 9.17) is 4.74 Å². The zero-order valence-corrected chi connectivity index (χ0v) is 14.4. The normalized spacial score (nSPS) is 11.0. The highest BCUT2D eigenvalue weighted by Crippen LogP contribution is 1.92. The number of hydrogen-bond acceptors (Lipinski definition) is 4. The molecule has 0 saturated carbocycles. The van der Waals surface area contributed by atoms with E-state index in [1.807, 2.05) is 0 Å². The van der Waals surface area contributed by atoms with Gasteiger partial charge in [-0.25, -0.2) is 0 Å². The third kappa shape index (κ3) is 13.8. The van der Waals surface area contributed by atoms with Gasteiger partial charge in [0.1, 0.15) is 5.78 Å².